The molecule has 2 heterocycles. The van der Waals surface area contributed by atoms with Crippen LogP contribution in [0.4, 0.5) is 0 Å². The van der Waals surface area contributed by atoms with Gasteiger partial charge in [-0.1, -0.05) is 24.3 Å². The van der Waals surface area contributed by atoms with Crippen molar-refractivity contribution in [3.05, 3.63) is 52.1 Å². The van der Waals surface area contributed by atoms with Gasteiger partial charge in [0, 0.05) is 11.1 Å². The smallest absolute Gasteiger partial charge is 0.266 e. The molecule has 0 saturated carbocycles. The summed E-state index contributed by atoms with van der Waals surface area (Å²) in [5.74, 6) is -0.991. The first-order chi connectivity index (χ1) is 9.62. The Bertz CT molecular complexity index is 743. The maximum atomic E-state index is 11.6. The molecule has 102 valence electrons. The van der Waals surface area contributed by atoms with Crippen LogP contribution >= 0.6 is 0 Å². The second kappa shape index (κ2) is 3.77. The Hall–Kier alpha value is -1.98. The summed E-state index contributed by atoms with van der Waals surface area (Å²) in [5, 5.41) is 0. The van der Waals surface area contributed by atoms with Crippen LogP contribution in [0.2, 0.25) is 0 Å². The number of H-pyrrole nitrogens is 1. The van der Waals surface area contributed by atoms with Gasteiger partial charge in [-0.3, -0.25) is 4.79 Å². The lowest BCUT2D eigenvalue weighted by molar-refractivity contribution is -0.147. The van der Waals surface area contributed by atoms with Gasteiger partial charge in [0.05, 0.1) is 24.1 Å². The Balaban J connectivity index is 2.05. The molecule has 4 rings (SSSR count). The van der Waals surface area contributed by atoms with Gasteiger partial charge in [-0.2, -0.15) is 0 Å². The van der Waals surface area contributed by atoms with E-state index in [0.717, 1.165) is 11.1 Å². The molecule has 2 aromatic rings. The number of hydrogen-bond donors (Lipinski definition) is 1. The van der Waals surface area contributed by atoms with E-state index in [2.05, 4.69) is 9.97 Å². The summed E-state index contributed by atoms with van der Waals surface area (Å²) in [5.41, 5.74) is 2.91. The summed E-state index contributed by atoms with van der Waals surface area (Å²) in [7, 11) is 0. The van der Waals surface area contributed by atoms with Crippen LogP contribution in [-0.4, -0.2) is 22.2 Å². The molecule has 5 nitrogen and oxygen atoms in total. The fourth-order valence-corrected chi connectivity index (χ4v) is 2.94. The second-order valence-corrected chi connectivity index (χ2v) is 5.28. The highest BCUT2D eigenvalue weighted by Crippen LogP contribution is 2.52. The molecule has 2 atom stereocenters. The van der Waals surface area contributed by atoms with Crippen LogP contribution in [0.25, 0.3) is 11.3 Å². The van der Waals surface area contributed by atoms with Crippen LogP contribution in [0.5, 0.6) is 0 Å². The van der Waals surface area contributed by atoms with E-state index in [1.165, 1.54) is 6.20 Å². The number of aromatic amines is 1. The van der Waals surface area contributed by atoms with Gasteiger partial charge >= 0.3 is 0 Å². The predicted octanol–water partition coefficient (Wildman–Crippen LogP) is 1.78. The summed E-state index contributed by atoms with van der Waals surface area (Å²) >= 11 is 0. The zero-order valence-corrected chi connectivity index (χ0v) is 11.2. The Labute approximate surface area is 115 Å². The topological polar surface area (TPSA) is 64.2 Å². The van der Waals surface area contributed by atoms with E-state index >= 15 is 0 Å². The minimum Gasteiger partial charge on any atom is -0.335 e. The maximum absolute atomic E-state index is 11.6. The van der Waals surface area contributed by atoms with Gasteiger partial charge in [-0.15, -0.1) is 0 Å². The van der Waals surface area contributed by atoms with Crippen molar-refractivity contribution in [1.82, 2.24) is 9.97 Å². The highest BCUT2D eigenvalue weighted by molar-refractivity contribution is 5.74. The average molecular weight is 270 g/mol. The van der Waals surface area contributed by atoms with E-state index in [-0.39, 0.29) is 17.8 Å². The molecule has 1 aromatic heterocycles. The van der Waals surface area contributed by atoms with Crippen LogP contribution in [0, 0.1) is 0 Å². The molecule has 2 unspecified atom stereocenters. The van der Waals surface area contributed by atoms with Crippen LogP contribution in [0.1, 0.15) is 25.1 Å². The Morgan fingerprint density at radius 2 is 1.90 bits per heavy atom. The molecule has 0 amide bonds. The Kier molecular flexibility index (Phi) is 2.23. The molecule has 1 fully saturated rings. The molecule has 5 heteroatoms. The number of nitrogens with one attached hydrogen (secondary N) is 1. The quantitative estimate of drug-likeness (QED) is 0.792. The molecule has 1 aliphatic heterocycles. The van der Waals surface area contributed by atoms with Crippen LogP contribution in [0.3, 0.4) is 0 Å². The number of nitrogens with zero attached hydrogens (tertiary/aromatic N) is 1. The lowest BCUT2D eigenvalue weighted by Gasteiger charge is -2.23. The normalized spacial score (nSPS) is 30.5. The minimum atomic E-state index is -0.991. The maximum Gasteiger partial charge on any atom is 0.266 e. The van der Waals surface area contributed by atoms with Crippen molar-refractivity contribution >= 4 is 0 Å². The van der Waals surface area contributed by atoms with Gasteiger partial charge < -0.3 is 14.5 Å². The summed E-state index contributed by atoms with van der Waals surface area (Å²) in [6, 6.07) is 7.76. The molecule has 1 aliphatic carbocycles. The number of rotatable bonds is 0. The molecular formula is C15H14N2O3. The van der Waals surface area contributed by atoms with Gasteiger partial charge in [0.2, 0.25) is 5.79 Å². The molecule has 2 aliphatic rings. The summed E-state index contributed by atoms with van der Waals surface area (Å²) < 4.78 is 12.2. The zero-order valence-electron chi connectivity index (χ0n) is 11.2. The number of benzene rings is 1. The SMILES string of the molecule is CC1OC2(OC1C)c1ccccc1-c1[nH]c(=O)cnc12. The second-order valence-electron chi connectivity index (χ2n) is 5.28. The van der Waals surface area contributed by atoms with E-state index in [1.54, 1.807) is 0 Å². The Morgan fingerprint density at radius 1 is 1.20 bits per heavy atom. The lowest BCUT2D eigenvalue weighted by atomic mass is 10.1. The van der Waals surface area contributed by atoms with Gasteiger partial charge in [0.25, 0.3) is 5.56 Å². The minimum absolute atomic E-state index is 0.0391. The molecule has 0 radical (unpaired) electrons. The first-order valence-corrected chi connectivity index (χ1v) is 6.67. The summed E-state index contributed by atoms with van der Waals surface area (Å²) in [4.78, 5) is 18.7. The number of ether oxygens (including phenoxy) is 2. The lowest BCUT2D eigenvalue weighted by Crippen LogP contribution is -2.29. The van der Waals surface area contributed by atoms with Gasteiger partial charge in [0.1, 0.15) is 5.69 Å². The van der Waals surface area contributed by atoms with E-state index in [0.29, 0.717) is 11.4 Å². The monoisotopic (exact) mass is 270 g/mol. The first kappa shape index (κ1) is 11.8. The third-order valence-electron chi connectivity index (χ3n) is 4.02. The van der Waals surface area contributed by atoms with Crippen molar-refractivity contribution in [3.63, 3.8) is 0 Å². The number of fused-ring (bicyclic) bond motifs is 5. The largest absolute Gasteiger partial charge is 0.335 e. The van der Waals surface area contributed by atoms with Gasteiger partial charge in [0.15, 0.2) is 0 Å². The van der Waals surface area contributed by atoms with Crippen LogP contribution in [-0.2, 0) is 15.3 Å². The van der Waals surface area contributed by atoms with E-state index in [4.69, 9.17) is 9.47 Å². The molecule has 1 aromatic carbocycles. The fraction of sp³-hybridized carbons (Fsp3) is 0.333. The van der Waals surface area contributed by atoms with Crippen molar-refractivity contribution in [2.45, 2.75) is 31.8 Å². The van der Waals surface area contributed by atoms with E-state index < -0.39 is 5.79 Å². The van der Waals surface area contributed by atoms with Crippen molar-refractivity contribution in [1.29, 1.82) is 0 Å². The summed E-state index contributed by atoms with van der Waals surface area (Å²) in [6.45, 7) is 3.96. The van der Waals surface area contributed by atoms with Gasteiger partial charge in [-0.05, 0) is 13.8 Å². The third-order valence-corrected chi connectivity index (χ3v) is 4.02. The highest BCUT2D eigenvalue weighted by Gasteiger charge is 2.54. The fourth-order valence-electron chi connectivity index (χ4n) is 2.94. The number of hydrogen-bond acceptors (Lipinski definition) is 4. The average Bonchev–Trinajstić information content (AvgIpc) is 2.88. The van der Waals surface area contributed by atoms with Gasteiger partial charge in [-0.25, -0.2) is 4.98 Å². The number of aromatic nitrogens is 2. The van der Waals surface area contributed by atoms with Crippen molar-refractivity contribution < 1.29 is 9.47 Å². The summed E-state index contributed by atoms with van der Waals surface area (Å²) in [6.07, 6.45) is 1.19. The van der Waals surface area contributed by atoms with Crippen molar-refractivity contribution in [2.75, 3.05) is 0 Å². The van der Waals surface area contributed by atoms with Crippen LogP contribution in [0.15, 0.2) is 35.3 Å². The van der Waals surface area contributed by atoms with Crippen LogP contribution < -0.4 is 5.56 Å². The molecule has 1 saturated heterocycles. The molecular weight excluding hydrogens is 256 g/mol. The van der Waals surface area contributed by atoms with E-state index in [1.807, 2.05) is 38.1 Å². The highest BCUT2D eigenvalue weighted by atomic mass is 16.8. The molecule has 20 heavy (non-hydrogen) atoms. The Morgan fingerprint density at radius 3 is 2.65 bits per heavy atom. The first-order valence-electron chi connectivity index (χ1n) is 6.67. The molecule has 1 spiro atoms. The van der Waals surface area contributed by atoms with E-state index in [9.17, 15) is 4.79 Å². The molecule has 1 N–H and O–H groups in total. The van der Waals surface area contributed by atoms with Crippen molar-refractivity contribution in [2.24, 2.45) is 0 Å². The third kappa shape index (κ3) is 1.34. The molecule has 0 bridgehead atoms. The predicted molar refractivity (Wildman–Crippen MR) is 72.2 cm³/mol. The zero-order chi connectivity index (χ0) is 13.9. The standard InChI is InChI=1S/C15H14N2O3/c1-8-9(2)20-15(19-8)11-6-4-3-5-10(11)13-14(15)16-7-12(18)17-13/h3-9H,1-2H3,(H,17,18). The van der Waals surface area contributed by atoms with Crippen molar-refractivity contribution in [3.8, 4) is 11.3 Å².